The maximum absolute atomic E-state index is 13.2. The van der Waals surface area contributed by atoms with Gasteiger partial charge in [0.2, 0.25) is 0 Å². The van der Waals surface area contributed by atoms with Crippen molar-refractivity contribution in [3.63, 3.8) is 0 Å². The molecule has 132 valence electrons. The summed E-state index contributed by atoms with van der Waals surface area (Å²) in [7, 11) is 3.92. The van der Waals surface area contributed by atoms with Crippen molar-refractivity contribution in [1.29, 1.82) is 0 Å². The SMILES string of the molecule is CN(C)Cc1ccc(C(=O)N2C[C@@H](O)C[C@H]2c2ccc(F)cc2)cn1. The molecule has 1 saturated heterocycles. The Bertz CT molecular complexity index is 731. The molecule has 1 aliphatic rings. The quantitative estimate of drug-likeness (QED) is 0.925. The molecule has 1 N–H and O–H groups in total. The molecule has 1 amide bonds. The second-order valence-electron chi connectivity index (χ2n) is 6.69. The zero-order valence-electron chi connectivity index (χ0n) is 14.4. The largest absolute Gasteiger partial charge is 0.391 e. The van der Waals surface area contributed by atoms with Crippen LogP contribution in [0.2, 0.25) is 0 Å². The number of β-amino-alcohol motifs (C(OH)–C–C–N with tert-alkyl or cyclic N) is 1. The van der Waals surface area contributed by atoms with E-state index >= 15 is 0 Å². The van der Waals surface area contributed by atoms with Crippen LogP contribution in [0.5, 0.6) is 0 Å². The number of nitrogens with zero attached hydrogens (tertiary/aromatic N) is 3. The number of benzene rings is 1. The molecule has 6 heteroatoms. The Hall–Kier alpha value is -2.31. The minimum absolute atomic E-state index is 0.172. The number of hydrogen-bond acceptors (Lipinski definition) is 4. The topological polar surface area (TPSA) is 56.7 Å². The summed E-state index contributed by atoms with van der Waals surface area (Å²) in [5.41, 5.74) is 2.20. The van der Waals surface area contributed by atoms with Crippen LogP contribution in [0.15, 0.2) is 42.6 Å². The first-order chi connectivity index (χ1) is 11.9. The Balaban J connectivity index is 1.80. The summed E-state index contributed by atoms with van der Waals surface area (Å²) in [6.07, 6.45) is 1.44. The third kappa shape index (κ3) is 4.03. The fraction of sp³-hybridized carbons (Fsp3) is 0.368. The Morgan fingerprint density at radius 3 is 2.60 bits per heavy atom. The molecule has 1 fully saturated rings. The highest BCUT2D eigenvalue weighted by Gasteiger charge is 2.35. The number of aliphatic hydroxyl groups is 1. The smallest absolute Gasteiger partial charge is 0.256 e. The predicted octanol–water partition coefficient (Wildman–Crippen LogP) is 2.23. The second-order valence-corrected chi connectivity index (χ2v) is 6.69. The van der Waals surface area contributed by atoms with Crippen LogP contribution in [0.25, 0.3) is 0 Å². The molecule has 0 unspecified atom stereocenters. The fourth-order valence-corrected chi connectivity index (χ4v) is 3.17. The lowest BCUT2D eigenvalue weighted by atomic mass is 10.0. The highest BCUT2D eigenvalue weighted by molar-refractivity contribution is 5.94. The van der Waals surface area contributed by atoms with E-state index in [9.17, 15) is 14.3 Å². The van der Waals surface area contributed by atoms with E-state index in [4.69, 9.17) is 0 Å². The van der Waals surface area contributed by atoms with Crippen LogP contribution in [0.4, 0.5) is 4.39 Å². The average Bonchev–Trinajstić information content (AvgIpc) is 2.97. The summed E-state index contributed by atoms with van der Waals surface area (Å²) >= 11 is 0. The van der Waals surface area contributed by atoms with Gasteiger partial charge in [-0.15, -0.1) is 0 Å². The van der Waals surface area contributed by atoms with Gasteiger partial charge in [-0.2, -0.15) is 0 Å². The van der Waals surface area contributed by atoms with Crippen LogP contribution in [0.1, 0.15) is 34.1 Å². The van der Waals surface area contributed by atoms with E-state index in [1.54, 1.807) is 29.3 Å². The van der Waals surface area contributed by atoms with Gasteiger partial charge in [0.1, 0.15) is 5.82 Å². The van der Waals surface area contributed by atoms with E-state index < -0.39 is 6.10 Å². The van der Waals surface area contributed by atoms with Gasteiger partial charge in [-0.25, -0.2) is 4.39 Å². The molecule has 0 spiro atoms. The number of likely N-dealkylation sites (tertiary alicyclic amines) is 1. The Labute approximate surface area is 146 Å². The number of aliphatic hydroxyl groups excluding tert-OH is 1. The Kier molecular flexibility index (Phi) is 5.11. The van der Waals surface area contributed by atoms with Crippen LogP contribution in [-0.2, 0) is 6.54 Å². The lowest BCUT2D eigenvalue weighted by Crippen LogP contribution is -2.32. The lowest BCUT2D eigenvalue weighted by molar-refractivity contribution is 0.0715. The van der Waals surface area contributed by atoms with Crippen molar-refractivity contribution in [1.82, 2.24) is 14.8 Å². The van der Waals surface area contributed by atoms with Gasteiger partial charge in [0.25, 0.3) is 5.91 Å². The summed E-state index contributed by atoms with van der Waals surface area (Å²) in [4.78, 5) is 20.9. The van der Waals surface area contributed by atoms with Crippen LogP contribution in [0, 0.1) is 5.82 Å². The van der Waals surface area contributed by atoms with Gasteiger partial charge in [0, 0.05) is 19.3 Å². The van der Waals surface area contributed by atoms with Gasteiger partial charge in [-0.3, -0.25) is 9.78 Å². The fourth-order valence-electron chi connectivity index (χ4n) is 3.17. The first kappa shape index (κ1) is 17.5. The van der Waals surface area contributed by atoms with E-state index in [2.05, 4.69) is 4.98 Å². The highest BCUT2D eigenvalue weighted by atomic mass is 19.1. The van der Waals surface area contributed by atoms with Gasteiger partial charge in [0.05, 0.1) is 23.4 Å². The summed E-state index contributed by atoms with van der Waals surface area (Å²) < 4.78 is 13.2. The zero-order chi connectivity index (χ0) is 18.0. The number of hydrogen-bond donors (Lipinski definition) is 1. The average molecular weight is 343 g/mol. The van der Waals surface area contributed by atoms with Crippen molar-refractivity contribution in [2.75, 3.05) is 20.6 Å². The molecule has 1 aliphatic heterocycles. The van der Waals surface area contributed by atoms with Crippen LogP contribution >= 0.6 is 0 Å². The molecular weight excluding hydrogens is 321 g/mol. The number of rotatable bonds is 4. The summed E-state index contributed by atoms with van der Waals surface area (Å²) in [5.74, 6) is -0.490. The lowest BCUT2D eigenvalue weighted by Gasteiger charge is -2.25. The molecule has 2 heterocycles. The molecular formula is C19H22FN3O2. The molecule has 0 saturated carbocycles. The van der Waals surface area contributed by atoms with E-state index in [1.807, 2.05) is 25.1 Å². The normalized spacial score (nSPS) is 20.3. The Morgan fingerprint density at radius 1 is 1.28 bits per heavy atom. The number of halogens is 1. The maximum atomic E-state index is 13.2. The second kappa shape index (κ2) is 7.29. The van der Waals surface area contributed by atoms with Crippen LogP contribution in [0.3, 0.4) is 0 Å². The van der Waals surface area contributed by atoms with Crippen molar-refractivity contribution >= 4 is 5.91 Å². The van der Waals surface area contributed by atoms with Crippen molar-refractivity contribution in [2.45, 2.75) is 25.1 Å². The summed E-state index contributed by atoms with van der Waals surface area (Å²) in [5, 5.41) is 10.0. The van der Waals surface area contributed by atoms with Gasteiger partial charge >= 0.3 is 0 Å². The number of aromatic nitrogens is 1. The van der Waals surface area contributed by atoms with Gasteiger partial charge in [-0.05, 0) is 50.3 Å². The molecule has 0 radical (unpaired) electrons. The minimum Gasteiger partial charge on any atom is -0.391 e. The van der Waals surface area contributed by atoms with Crippen molar-refractivity contribution in [2.24, 2.45) is 0 Å². The maximum Gasteiger partial charge on any atom is 0.256 e. The standard InChI is InChI=1S/C19H22FN3O2/c1-22(2)11-16-8-5-14(10-21-16)19(25)23-12-17(24)9-18(23)13-3-6-15(20)7-4-13/h3-8,10,17-18,24H,9,11-12H2,1-2H3/t17-,18-/m0/s1. The summed E-state index contributed by atoms with van der Waals surface area (Å²) in [6, 6.07) is 9.42. The number of amides is 1. The molecule has 1 aromatic heterocycles. The minimum atomic E-state index is -0.583. The third-order valence-electron chi connectivity index (χ3n) is 4.34. The zero-order valence-corrected chi connectivity index (χ0v) is 14.4. The third-order valence-corrected chi connectivity index (χ3v) is 4.34. The number of carbonyl (C=O) groups is 1. The molecule has 0 bridgehead atoms. The number of pyridine rings is 1. The first-order valence-electron chi connectivity index (χ1n) is 8.28. The first-order valence-corrected chi connectivity index (χ1v) is 8.28. The highest BCUT2D eigenvalue weighted by Crippen LogP contribution is 2.33. The van der Waals surface area contributed by atoms with Gasteiger partial charge in [0.15, 0.2) is 0 Å². The van der Waals surface area contributed by atoms with Gasteiger partial charge in [-0.1, -0.05) is 12.1 Å². The van der Waals surface area contributed by atoms with Crippen molar-refractivity contribution in [3.8, 4) is 0 Å². The van der Waals surface area contributed by atoms with Crippen molar-refractivity contribution < 1.29 is 14.3 Å². The van der Waals surface area contributed by atoms with E-state index in [0.29, 0.717) is 18.5 Å². The van der Waals surface area contributed by atoms with Crippen LogP contribution in [-0.4, -0.2) is 52.5 Å². The number of carbonyl (C=O) groups excluding carboxylic acids is 1. The molecule has 2 aromatic rings. The van der Waals surface area contributed by atoms with E-state index in [0.717, 1.165) is 11.3 Å². The Morgan fingerprint density at radius 2 is 2.00 bits per heavy atom. The van der Waals surface area contributed by atoms with Crippen LogP contribution < -0.4 is 0 Å². The molecule has 0 aliphatic carbocycles. The van der Waals surface area contributed by atoms with Crippen molar-refractivity contribution in [3.05, 3.63) is 65.2 Å². The predicted molar refractivity (Wildman–Crippen MR) is 92.4 cm³/mol. The van der Waals surface area contributed by atoms with E-state index in [-0.39, 0.29) is 24.3 Å². The molecule has 25 heavy (non-hydrogen) atoms. The van der Waals surface area contributed by atoms with E-state index in [1.165, 1.54) is 12.1 Å². The monoisotopic (exact) mass is 343 g/mol. The van der Waals surface area contributed by atoms with Gasteiger partial charge < -0.3 is 14.9 Å². The molecule has 1 aromatic carbocycles. The molecule has 3 rings (SSSR count). The molecule has 2 atom stereocenters. The summed E-state index contributed by atoms with van der Waals surface area (Å²) in [6.45, 7) is 0.968. The molecule has 5 nitrogen and oxygen atoms in total.